The van der Waals surface area contributed by atoms with Gasteiger partial charge in [0.15, 0.2) is 0 Å². The molecular formula is C14H14N2O. The van der Waals surface area contributed by atoms with Crippen LogP contribution in [0.4, 0.5) is 5.88 Å². The first kappa shape index (κ1) is 9.16. The Kier molecular flexibility index (Phi) is 1.54. The summed E-state index contributed by atoms with van der Waals surface area (Å²) < 4.78 is 5.98. The van der Waals surface area contributed by atoms with Crippen LogP contribution in [0.15, 0.2) is 40.6 Å². The van der Waals surface area contributed by atoms with E-state index in [-0.39, 0.29) is 0 Å². The molecule has 0 N–H and O–H groups in total. The summed E-state index contributed by atoms with van der Waals surface area (Å²) in [6.07, 6.45) is 3.63. The molecule has 3 heterocycles. The van der Waals surface area contributed by atoms with Gasteiger partial charge in [0.1, 0.15) is 11.7 Å². The van der Waals surface area contributed by atoms with Crippen molar-refractivity contribution in [3.63, 3.8) is 0 Å². The van der Waals surface area contributed by atoms with Gasteiger partial charge in [0.25, 0.3) is 0 Å². The van der Waals surface area contributed by atoms with Crippen molar-refractivity contribution in [3.8, 4) is 0 Å². The lowest BCUT2D eigenvalue weighted by Crippen LogP contribution is -2.34. The predicted octanol–water partition coefficient (Wildman–Crippen LogP) is 2.93. The highest BCUT2D eigenvalue weighted by molar-refractivity contribution is 5.88. The molecule has 2 aromatic rings. The van der Waals surface area contributed by atoms with Gasteiger partial charge < -0.3 is 9.32 Å². The number of rotatable bonds is 0. The monoisotopic (exact) mass is 226 g/mol. The second-order valence-corrected chi connectivity index (χ2v) is 4.86. The molecule has 0 spiro atoms. The Labute approximate surface area is 99.9 Å². The first-order valence-corrected chi connectivity index (χ1v) is 5.96. The van der Waals surface area contributed by atoms with Gasteiger partial charge in [-0.1, -0.05) is 18.2 Å². The average molecular weight is 226 g/mol. The summed E-state index contributed by atoms with van der Waals surface area (Å²) in [5.41, 5.74) is 3.64. The number of likely N-dealkylation sites (N-methyl/N-ethyl adjacent to an activating group) is 1. The van der Waals surface area contributed by atoms with Gasteiger partial charge in [-0.25, -0.2) is 0 Å². The Morgan fingerprint density at radius 2 is 2.12 bits per heavy atom. The van der Waals surface area contributed by atoms with Crippen LogP contribution in [0, 0.1) is 0 Å². The first-order valence-electron chi connectivity index (χ1n) is 5.96. The van der Waals surface area contributed by atoms with Crippen molar-refractivity contribution in [2.24, 2.45) is 0 Å². The van der Waals surface area contributed by atoms with Gasteiger partial charge in [-0.3, -0.25) is 4.90 Å². The molecular weight excluding hydrogens is 212 g/mol. The van der Waals surface area contributed by atoms with E-state index < -0.39 is 0 Å². The number of benzene rings is 1. The van der Waals surface area contributed by atoms with Gasteiger partial charge in [0.05, 0.1) is 0 Å². The molecule has 3 heteroatoms. The lowest BCUT2D eigenvalue weighted by molar-refractivity contribution is 0.341. The van der Waals surface area contributed by atoms with Crippen LogP contribution in [0.1, 0.15) is 12.5 Å². The number of fused-ring (bicyclic) bond motifs is 5. The Morgan fingerprint density at radius 1 is 1.29 bits per heavy atom. The largest absolute Gasteiger partial charge is 0.440 e. The maximum Gasteiger partial charge on any atom is 0.205 e. The fourth-order valence-electron chi connectivity index (χ4n) is 2.90. The van der Waals surface area contributed by atoms with E-state index in [1.807, 2.05) is 12.1 Å². The van der Waals surface area contributed by atoms with Gasteiger partial charge in [-0.05, 0) is 13.0 Å². The van der Waals surface area contributed by atoms with E-state index in [1.54, 1.807) is 0 Å². The average Bonchev–Trinajstić information content (AvgIpc) is 2.93. The van der Waals surface area contributed by atoms with Crippen molar-refractivity contribution < 1.29 is 4.42 Å². The van der Waals surface area contributed by atoms with Crippen molar-refractivity contribution >= 4 is 16.9 Å². The van der Waals surface area contributed by atoms with Crippen molar-refractivity contribution in [2.75, 3.05) is 11.9 Å². The number of hydrogen-bond donors (Lipinski definition) is 0. The third kappa shape index (κ3) is 1.01. The van der Waals surface area contributed by atoms with Gasteiger partial charge in [0, 0.05) is 36.3 Å². The summed E-state index contributed by atoms with van der Waals surface area (Å²) >= 11 is 0. The highest BCUT2D eigenvalue weighted by atomic mass is 16.4. The second-order valence-electron chi connectivity index (χ2n) is 4.86. The molecule has 1 aromatic heterocycles. The third-order valence-corrected chi connectivity index (χ3v) is 3.95. The molecule has 0 fully saturated rings. The Morgan fingerprint density at radius 3 is 3.00 bits per heavy atom. The van der Waals surface area contributed by atoms with E-state index in [9.17, 15) is 0 Å². The molecule has 0 saturated carbocycles. The molecule has 0 radical (unpaired) electrons. The molecule has 3 nitrogen and oxygen atoms in total. The number of para-hydroxylation sites is 1. The molecule has 0 saturated heterocycles. The quantitative estimate of drug-likeness (QED) is 0.688. The summed E-state index contributed by atoms with van der Waals surface area (Å²) in [5.74, 6) is 1.03. The fraction of sp³-hybridized carbons (Fsp3) is 0.286. The van der Waals surface area contributed by atoms with Crippen molar-refractivity contribution in [2.45, 2.75) is 19.5 Å². The molecule has 2 aliphatic rings. The summed E-state index contributed by atoms with van der Waals surface area (Å²) in [6, 6.07) is 8.29. The highest BCUT2D eigenvalue weighted by Crippen LogP contribution is 2.43. The molecule has 1 aromatic carbocycles. The minimum absolute atomic E-state index is 0.411. The third-order valence-electron chi connectivity index (χ3n) is 3.95. The van der Waals surface area contributed by atoms with E-state index in [2.05, 4.69) is 42.1 Å². The van der Waals surface area contributed by atoms with Gasteiger partial charge in [0.2, 0.25) is 5.88 Å². The van der Waals surface area contributed by atoms with Gasteiger partial charge in [-0.2, -0.15) is 0 Å². The van der Waals surface area contributed by atoms with E-state index in [1.165, 1.54) is 16.6 Å². The predicted molar refractivity (Wildman–Crippen MR) is 67.7 cm³/mol. The number of nitrogens with zero attached hydrogens (tertiary/aromatic N) is 2. The molecule has 1 unspecified atom stereocenters. The first-order chi connectivity index (χ1) is 8.25. The van der Waals surface area contributed by atoms with Gasteiger partial charge >= 0.3 is 0 Å². The number of furan rings is 1. The topological polar surface area (TPSA) is 19.6 Å². The maximum absolute atomic E-state index is 5.98. The molecule has 2 aliphatic heterocycles. The standard InChI is InChI=1S/C14H14N2O/c1-9-8-16-13(15(9)2)7-11-10-5-3-4-6-12(10)17-14(11)16/h3-6,8,13H,7H2,1-2H3. The van der Waals surface area contributed by atoms with Crippen LogP contribution < -0.4 is 4.90 Å². The van der Waals surface area contributed by atoms with Gasteiger partial charge in [-0.15, -0.1) is 0 Å². The van der Waals surface area contributed by atoms with Crippen molar-refractivity contribution in [3.05, 3.63) is 41.7 Å². The maximum atomic E-state index is 5.98. The van der Waals surface area contributed by atoms with E-state index in [4.69, 9.17) is 4.42 Å². The number of anilines is 1. The van der Waals surface area contributed by atoms with E-state index >= 15 is 0 Å². The van der Waals surface area contributed by atoms with Crippen LogP contribution in [0.25, 0.3) is 11.0 Å². The van der Waals surface area contributed by atoms with Crippen LogP contribution >= 0.6 is 0 Å². The van der Waals surface area contributed by atoms with Crippen LogP contribution in [0.3, 0.4) is 0 Å². The van der Waals surface area contributed by atoms with Crippen LogP contribution in [-0.4, -0.2) is 18.1 Å². The molecule has 17 heavy (non-hydrogen) atoms. The smallest absolute Gasteiger partial charge is 0.205 e. The second kappa shape index (κ2) is 2.86. The lowest BCUT2D eigenvalue weighted by atomic mass is 10.1. The number of hydrogen-bond acceptors (Lipinski definition) is 3. The van der Waals surface area contributed by atoms with E-state index in [0.29, 0.717) is 6.17 Å². The minimum atomic E-state index is 0.411. The molecule has 1 atom stereocenters. The summed E-state index contributed by atoms with van der Waals surface area (Å²) in [4.78, 5) is 4.56. The lowest BCUT2D eigenvalue weighted by Gasteiger charge is -2.24. The van der Waals surface area contributed by atoms with E-state index in [0.717, 1.165) is 17.9 Å². The SMILES string of the molecule is CC1=CN2c3oc4ccccc4c3CC2N1C. The molecule has 4 rings (SSSR count). The zero-order chi connectivity index (χ0) is 11.6. The summed E-state index contributed by atoms with van der Waals surface area (Å²) in [5, 5.41) is 1.26. The molecule has 86 valence electrons. The molecule has 0 bridgehead atoms. The zero-order valence-electron chi connectivity index (χ0n) is 9.97. The number of allylic oxidation sites excluding steroid dienone is 1. The zero-order valence-corrected chi connectivity index (χ0v) is 9.97. The fourth-order valence-corrected chi connectivity index (χ4v) is 2.90. The van der Waals surface area contributed by atoms with Crippen LogP contribution in [0.2, 0.25) is 0 Å². The highest BCUT2D eigenvalue weighted by Gasteiger charge is 2.39. The Hall–Kier alpha value is -1.90. The normalized spacial score (nSPS) is 22.0. The Bertz CT molecular complexity index is 641. The van der Waals surface area contributed by atoms with Crippen molar-refractivity contribution in [1.82, 2.24) is 4.90 Å². The summed E-state index contributed by atoms with van der Waals surface area (Å²) in [7, 11) is 2.14. The van der Waals surface area contributed by atoms with Crippen LogP contribution in [-0.2, 0) is 6.42 Å². The van der Waals surface area contributed by atoms with Crippen molar-refractivity contribution in [1.29, 1.82) is 0 Å². The van der Waals surface area contributed by atoms with Crippen LogP contribution in [0.5, 0.6) is 0 Å². The molecule has 0 amide bonds. The molecule has 0 aliphatic carbocycles. The summed E-state index contributed by atoms with van der Waals surface area (Å²) in [6.45, 7) is 2.14. The Balaban J connectivity index is 1.94. The minimum Gasteiger partial charge on any atom is -0.440 e.